The highest BCUT2D eigenvalue weighted by Gasteiger charge is 2.15. The fraction of sp³-hybridized carbons (Fsp3) is 0.357. The van der Waals surface area contributed by atoms with Gasteiger partial charge in [0.1, 0.15) is 12.4 Å². The molecule has 1 aliphatic rings. The van der Waals surface area contributed by atoms with Crippen molar-refractivity contribution in [2.24, 2.45) is 0 Å². The number of halogens is 1. The smallest absolute Gasteiger partial charge is 0.248 e. The molecule has 2 rings (SSSR count). The molecule has 0 spiro atoms. The van der Waals surface area contributed by atoms with Gasteiger partial charge in [-0.3, -0.25) is 4.79 Å². The van der Waals surface area contributed by atoms with Gasteiger partial charge >= 0.3 is 0 Å². The molecule has 18 heavy (non-hydrogen) atoms. The first-order valence-corrected chi connectivity index (χ1v) is 6.04. The van der Waals surface area contributed by atoms with Crippen molar-refractivity contribution in [2.75, 3.05) is 19.7 Å². The lowest BCUT2D eigenvalue weighted by atomic mass is 10.0. The van der Waals surface area contributed by atoms with Gasteiger partial charge in [0, 0.05) is 13.1 Å². The first-order chi connectivity index (χ1) is 8.70. The SMILES string of the molecule is O=C(CO)N1CCC=C(c2cccc(F)c2)CC1. The van der Waals surface area contributed by atoms with Crippen LogP contribution in [0.2, 0.25) is 0 Å². The summed E-state index contributed by atoms with van der Waals surface area (Å²) in [5, 5.41) is 8.84. The van der Waals surface area contributed by atoms with Gasteiger partial charge in [0.2, 0.25) is 5.91 Å². The van der Waals surface area contributed by atoms with Crippen molar-refractivity contribution in [2.45, 2.75) is 12.8 Å². The summed E-state index contributed by atoms with van der Waals surface area (Å²) in [5.74, 6) is -0.496. The van der Waals surface area contributed by atoms with Crippen LogP contribution in [0.25, 0.3) is 5.57 Å². The third-order valence-corrected chi connectivity index (χ3v) is 3.12. The summed E-state index contributed by atoms with van der Waals surface area (Å²) in [6.45, 7) is 0.731. The molecule has 0 unspecified atom stereocenters. The van der Waals surface area contributed by atoms with Crippen LogP contribution >= 0.6 is 0 Å². The molecule has 1 heterocycles. The zero-order valence-electron chi connectivity index (χ0n) is 10.1. The monoisotopic (exact) mass is 249 g/mol. The maximum atomic E-state index is 13.2. The second-order valence-electron chi connectivity index (χ2n) is 4.32. The van der Waals surface area contributed by atoms with Crippen molar-refractivity contribution in [1.82, 2.24) is 4.90 Å². The highest BCUT2D eigenvalue weighted by molar-refractivity contribution is 5.78. The molecule has 0 atom stereocenters. The van der Waals surface area contributed by atoms with Gasteiger partial charge in [0.25, 0.3) is 0 Å². The lowest BCUT2D eigenvalue weighted by Crippen LogP contribution is -2.34. The minimum absolute atomic E-state index is 0.246. The number of carbonyl (C=O) groups excluding carboxylic acids is 1. The van der Waals surface area contributed by atoms with Crippen LogP contribution in [0.15, 0.2) is 30.3 Å². The Bertz CT molecular complexity index is 471. The zero-order chi connectivity index (χ0) is 13.0. The molecule has 0 fully saturated rings. The molecule has 0 saturated heterocycles. The Kier molecular flexibility index (Phi) is 4.10. The van der Waals surface area contributed by atoms with E-state index in [9.17, 15) is 9.18 Å². The predicted molar refractivity (Wildman–Crippen MR) is 67.3 cm³/mol. The number of carbonyl (C=O) groups is 1. The van der Waals surface area contributed by atoms with Gasteiger partial charge in [0.05, 0.1) is 0 Å². The third kappa shape index (κ3) is 2.96. The van der Waals surface area contributed by atoms with E-state index in [1.807, 2.05) is 12.1 Å². The van der Waals surface area contributed by atoms with E-state index in [1.54, 1.807) is 11.0 Å². The largest absolute Gasteiger partial charge is 0.387 e. The standard InChI is InChI=1S/C14H16FNO2/c15-13-5-1-3-12(9-13)11-4-2-7-16(8-6-11)14(18)10-17/h1,3-5,9,17H,2,6-8,10H2. The maximum Gasteiger partial charge on any atom is 0.248 e. The van der Waals surface area contributed by atoms with E-state index in [0.717, 1.165) is 17.6 Å². The minimum atomic E-state index is -0.449. The summed E-state index contributed by atoms with van der Waals surface area (Å²) in [5.41, 5.74) is 1.93. The topological polar surface area (TPSA) is 40.5 Å². The summed E-state index contributed by atoms with van der Waals surface area (Å²) in [6.07, 6.45) is 3.46. The molecule has 0 saturated carbocycles. The van der Waals surface area contributed by atoms with Gasteiger partial charge in [-0.2, -0.15) is 0 Å². The quantitative estimate of drug-likeness (QED) is 0.868. The Labute approximate surface area is 106 Å². The summed E-state index contributed by atoms with van der Waals surface area (Å²) < 4.78 is 13.2. The van der Waals surface area contributed by atoms with Crippen molar-refractivity contribution >= 4 is 11.5 Å². The fourth-order valence-electron chi connectivity index (χ4n) is 2.16. The summed E-state index contributed by atoms with van der Waals surface area (Å²) in [7, 11) is 0. The summed E-state index contributed by atoms with van der Waals surface area (Å²) in [4.78, 5) is 13.1. The van der Waals surface area contributed by atoms with Gasteiger partial charge in [-0.15, -0.1) is 0 Å². The molecule has 3 nitrogen and oxygen atoms in total. The van der Waals surface area contributed by atoms with E-state index >= 15 is 0 Å². The van der Waals surface area contributed by atoms with E-state index in [4.69, 9.17) is 5.11 Å². The molecule has 1 N–H and O–H groups in total. The summed E-state index contributed by atoms with van der Waals surface area (Å²) in [6, 6.07) is 6.49. The van der Waals surface area contributed by atoms with Crippen molar-refractivity contribution in [3.63, 3.8) is 0 Å². The minimum Gasteiger partial charge on any atom is -0.387 e. The molecule has 0 aromatic heterocycles. The van der Waals surface area contributed by atoms with Crippen LogP contribution in [-0.4, -0.2) is 35.6 Å². The number of rotatable bonds is 2. The molecule has 0 bridgehead atoms. The molecule has 0 aliphatic carbocycles. The van der Waals surface area contributed by atoms with E-state index in [0.29, 0.717) is 19.5 Å². The Morgan fingerprint density at radius 3 is 2.94 bits per heavy atom. The normalized spacial score (nSPS) is 16.1. The van der Waals surface area contributed by atoms with Crippen molar-refractivity contribution < 1.29 is 14.3 Å². The van der Waals surface area contributed by atoms with Crippen LogP contribution in [0.4, 0.5) is 4.39 Å². The second-order valence-corrected chi connectivity index (χ2v) is 4.32. The number of hydrogen-bond donors (Lipinski definition) is 1. The molecular formula is C14H16FNO2. The van der Waals surface area contributed by atoms with Crippen LogP contribution < -0.4 is 0 Å². The lowest BCUT2D eigenvalue weighted by molar-refractivity contribution is -0.134. The number of aliphatic hydroxyl groups excluding tert-OH is 1. The Morgan fingerprint density at radius 2 is 2.22 bits per heavy atom. The molecule has 1 aromatic carbocycles. The van der Waals surface area contributed by atoms with Crippen LogP contribution in [0.5, 0.6) is 0 Å². The van der Waals surface area contributed by atoms with Gasteiger partial charge in [0.15, 0.2) is 0 Å². The van der Waals surface area contributed by atoms with Gasteiger partial charge in [-0.1, -0.05) is 18.2 Å². The average molecular weight is 249 g/mol. The van der Waals surface area contributed by atoms with E-state index in [2.05, 4.69) is 0 Å². The molecule has 1 aromatic rings. The Hall–Kier alpha value is -1.68. The Morgan fingerprint density at radius 1 is 1.39 bits per heavy atom. The fourth-order valence-corrected chi connectivity index (χ4v) is 2.16. The highest BCUT2D eigenvalue weighted by atomic mass is 19.1. The highest BCUT2D eigenvalue weighted by Crippen LogP contribution is 2.22. The van der Waals surface area contributed by atoms with Gasteiger partial charge < -0.3 is 10.0 Å². The number of aliphatic hydroxyl groups is 1. The zero-order valence-corrected chi connectivity index (χ0v) is 10.1. The number of amides is 1. The molecular weight excluding hydrogens is 233 g/mol. The second kappa shape index (κ2) is 5.78. The summed E-state index contributed by atoms with van der Waals surface area (Å²) >= 11 is 0. The van der Waals surface area contributed by atoms with Gasteiger partial charge in [-0.25, -0.2) is 4.39 Å². The van der Waals surface area contributed by atoms with Crippen molar-refractivity contribution in [1.29, 1.82) is 0 Å². The van der Waals surface area contributed by atoms with E-state index in [-0.39, 0.29) is 11.7 Å². The van der Waals surface area contributed by atoms with Crippen LogP contribution in [-0.2, 0) is 4.79 Å². The van der Waals surface area contributed by atoms with Crippen LogP contribution in [0.1, 0.15) is 18.4 Å². The first-order valence-electron chi connectivity index (χ1n) is 6.04. The molecule has 0 radical (unpaired) electrons. The van der Waals surface area contributed by atoms with Crippen LogP contribution in [0, 0.1) is 5.82 Å². The molecule has 4 heteroatoms. The van der Waals surface area contributed by atoms with E-state index in [1.165, 1.54) is 12.1 Å². The van der Waals surface area contributed by atoms with E-state index < -0.39 is 6.61 Å². The van der Waals surface area contributed by atoms with Crippen molar-refractivity contribution in [3.8, 4) is 0 Å². The molecule has 1 aliphatic heterocycles. The molecule has 96 valence electrons. The number of nitrogens with zero attached hydrogens (tertiary/aromatic N) is 1. The van der Waals surface area contributed by atoms with Gasteiger partial charge in [-0.05, 0) is 36.1 Å². The maximum absolute atomic E-state index is 13.2. The van der Waals surface area contributed by atoms with Crippen LogP contribution in [0.3, 0.4) is 0 Å². The average Bonchev–Trinajstić information content (AvgIpc) is 2.63. The number of benzene rings is 1. The third-order valence-electron chi connectivity index (χ3n) is 3.12. The Balaban J connectivity index is 2.09. The predicted octanol–water partition coefficient (Wildman–Crippen LogP) is 1.82. The number of hydrogen-bond acceptors (Lipinski definition) is 2. The molecule has 1 amide bonds. The van der Waals surface area contributed by atoms with Crippen molar-refractivity contribution in [3.05, 3.63) is 41.7 Å². The first kappa shape index (κ1) is 12.8. The lowest BCUT2D eigenvalue weighted by Gasteiger charge is -2.19.